The number of rotatable bonds is 32. The van der Waals surface area contributed by atoms with E-state index >= 15 is 0 Å². The van der Waals surface area contributed by atoms with Crippen molar-refractivity contribution in [1.82, 2.24) is 55.8 Å². The number of nitrogens with one attached hydrogen (secondary N) is 4. The maximum Gasteiger partial charge on any atom is 0.338 e. The lowest BCUT2D eigenvalue weighted by molar-refractivity contribution is -0.150. The van der Waals surface area contributed by atoms with Gasteiger partial charge in [0.15, 0.2) is 34.9 Å². The number of esters is 4. The zero-order valence-electron chi connectivity index (χ0n) is 77.0. The molecule has 0 saturated carbocycles. The van der Waals surface area contributed by atoms with Gasteiger partial charge < -0.3 is 84.0 Å². The quantitative estimate of drug-likeness (QED) is 0.0143. The van der Waals surface area contributed by atoms with Gasteiger partial charge in [0.05, 0.1) is 118 Å². The predicted molar refractivity (Wildman–Crippen MR) is 529 cm³/mol. The van der Waals surface area contributed by atoms with E-state index in [0.717, 1.165) is 6.07 Å². The molecule has 8 aromatic rings. The molecule has 4 fully saturated rings. The molecule has 16 rings (SSSR count). The van der Waals surface area contributed by atoms with E-state index in [1.165, 1.54) is 71.5 Å². The maximum absolute atomic E-state index is 14.8. The molecule has 4 aromatic heterocycles. The van der Waals surface area contributed by atoms with Gasteiger partial charge in [-0.1, -0.05) is 110 Å². The molecule has 8 N–H and O–H groups in total. The van der Waals surface area contributed by atoms with Gasteiger partial charge in [0.1, 0.15) is 69.3 Å². The number of amidine groups is 4. The zero-order valence-corrected chi connectivity index (χ0v) is 84.7. The molecule has 8 aliphatic heterocycles. The van der Waals surface area contributed by atoms with E-state index in [-0.39, 0.29) is 118 Å². The number of carbonyl (C=O) groups excluding carboxylic acids is 4. The molecule has 0 spiro atoms. The minimum absolute atomic E-state index is 0.0304. The van der Waals surface area contributed by atoms with Crippen LogP contribution < -0.4 is 21.3 Å². The van der Waals surface area contributed by atoms with E-state index in [2.05, 4.69) is 62.0 Å². The van der Waals surface area contributed by atoms with E-state index in [4.69, 9.17) is 132 Å². The number of carboxylic acids is 4. The van der Waals surface area contributed by atoms with Crippen molar-refractivity contribution in [1.29, 1.82) is 0 Å². The molecule has 48 heteroatoms. The first-order valence-corrected chi connectivity index (χ1v) is 49.8. The molecule has 760 valence electrons. The van der Waals surface area contributed by atoms with Gasteiger partial charge in [-0.25, -0.2) is 47.3 Å². The SMILES string of the molecule is CCOC(=O)C1=C(CN2CCOC(CCC(=O)O)C2)NC(c2cscn2)=NC1c1ccc(Cl)cc1Cl.CCOC(=O)C1=C(CN2CCOCC2C(=O)O)NC(c2ccco2)=NC1c1ccc(F)cc1Br.CCOC(=O)C1=C(CN2CCOCC2C(=O)O)NC(c2ncsc2Cl)=NC1c1ccc(Cl)cc1Cl.CCOC(=O)C1=C(CN2CCOCC2CCC(=O)O)NC(c2ncccc2F)=NC1c1ccc(F)cc1Cl. The van der Waals surface area contributed by atoms with Crippen LogP contribution in [0.25, 0.3) is 0 Å². The Morgan fingerprint density at radius 1 is 0.490 bits per heavy atom. The van der Waals surface area contributed by atoms with Gasteiger partial charge in [0.2, 0.25) is 0 Å². The molecule has 0 bridgehead atoms. The monoisotopic (exact) mass is 2190 g/mol. The number of aliphatic imine (C=N–C) groups is 4. The fourth-order valence-corrected chi connectivity index (χ4v) is 19.6. The second-order valence-electron chi connectivity index (χ2n) is 32.4. The minimum atomic E-state index is -1.05. The number of ether oxygens (including phenoxy) is 8. The summed E-state index contributed by atoms with van der Waals surface area (Å²) in [5, 5.41) is 53.8. The van der Waals surface area contributed by atoms with Gasteiger partial charge in [-0.3, -0.25) is 58.7 Å². The van der Waals surface area contributed by atoms with E-state index < -0.39 is 101 Å². The summed E-state index contributed by atoms with van der Waals surface area (Å²) in [6.45, 7) is 12.4. The number of nitrogens with zero attached hydrogens (tertiary/aromatic N) is 11. The molecule has 0 radical (unpaired) electrons. The largest absolute Gasteiger partial charge is 0.481 e. The number of hydrogen-bond acceptors (Lipinski definition) is 34. The van der Waals surface area contributed by atoms with Crippen LogP contribution in [0.5, 0.6) is 0 Å². The van der Waals surface area contributed by atoms with Gasteiger partial charge in [0.25, 0.3) is 0 Å². The van der Waals surface area contributed by atoms with E-state index in [1.807, 2.05) is 10.3 Å². The molecular formula is C95H97BrCl6F3N15O21S2. The molecule has 4 aromatic carbocycles. The molecule has 8 atom stereocenters. The van der Waals surface area contributed by atoms with Crippen LogP contribution in [0.4, 0.5) is 13.2 Å². The summed E-state index contributed by atoms with van der Waals surface area (Å²) < 4.78 is 92.4. The summed E-state index contributed by atoms with van der Waals surface area (Å²) >= 11 is 44.1. The number of pyridine rings is 1. The number of thiazole rings is 2. The zero-order chi connectivity index (χ0) is 102. The number of morpholine rings is 4. The summed E-state index contributed by atoms with van der Waals surface area (Å²) in [5.41, 5.74) is 9.04. The molecule has 0 amide bonds. The van der Waals surface area contributed by atoms with Crippen LogP contribution in [0.15, 0.2) is 200 Å². The highest BCUT2D eigenvalue weighted by Gasteiger charge is 2.44. The Morgan fingerprint density at radius 2 is 0.951 bits per heavy atom. The molecule has 8 unspecified atom stereocenters. The van der Waals surface area contributed by atoms with Crippen molar-refractivity contribution < 1.29 is 114 Å². The highest BCUT2D eigenvalue weighted by molar-refractivity contribution is 9.10. The van der Waals surface area contributed by atoms with E-state index in [9.17, 15) is 66.8 Å². The van der Waals surface area contributed by atoms with E-state index in [0.29, 0.717) is 199 Å². The third kappa shape index (κ3) is 28.3. The topological polar surface area (TPSA) is 454 Å². The summed E-state index contributed by atoms with van der Waals surface area (Å²) in [4.78, 5) is 138. The number of halogens is 10. The number of aliphatic carboxylic acids is 4. The van der Waals surface area contributed by atoms with Gasteiger partial charge in [-0.2, -0.15) is 0 Å². The number of carbonyl (C=O) groups is 8. The highest BCUT2D eigenvalue weighted by Crippen LogP contribution is 2.44. The van der Waals surface area contributed by atoms with Crippen LogP contribution in [0.1, 0.15) is 123 Å². The second kappa shape index (κ2) is 52.1. The lowest BCUT2D eigenvalue weighted by Crippen LogP contribution is -2.52. The molecule has 4 saturated heterocycles. The summed E-state index contributed by atoms with van der Waals surface area (Å²) in [5.74, 6) is -6.13. The third-order valence-corrected chi connectivity index (χ3v) is 26.9. The lowest BCUT2D eigenvalue weighted by Gasteiger charge is -2.37. The van der Waals surface area contributed by atoms with Crippen molar-refractivity contribution in [2.45, 2.75) is 102 Å². The first-order chi connectivity index (χ1) is 68.8. The Kier molecular flexibility index (Phi) is 39.7. The Labute approximate surface area is 864 Å². The molecule has 8 aliphatic rings. The number of hydrogen-bond donors (Lipinski definition) is 8. The van der Waals surface area contributed by atoms with Crippen molar-refractivity contribution in [2.24, 2.45) is 20.0 Å². The van der Waals surface area contributed by atoms with Crippen LogP contribution in [-0.2, 0) is 76.3 Å². The van der Waals surface area contributed by atoms with Crippen molar-refractivity contribution in [3.63, 3.8) is 0 Å². The Morgan fingerprint density at radius 3 is 1.43 bits per heavy atom. The van der Waals surface area contributed by atoms with Crippen molar-refractivity contribution in [3.05, 3.63) is 267 Å². The van der Waals surface area contributed by atoms with E-state index in [1.54, 1.807) is 103 Å². The summed E-state index contributed by atoms with van der Waals surface area (Å²) in [6, 6.07) is 18.5. The van der Waals surface area contributed by atoms with Crippen LogP contribution in [0.3, 0.4) is 0 Å². The summed E-state index contributed by atoms with van der Waals surface area (Å²) in [6.07, 6.45) is 3.43. The van der Waals surface area contributed by atoms with Crippen LogP contribution in [0, 0.1) is 17.5 Å². The van der Waals surface area contributed by atoms with Crippen molar-refractivity contribution >= 4 is 179 Å². The number of benzene rings is 4. The average Bonchev–Trinajstić information content (AvgIpc) is 1.77. The smallest absolute Gasteiger partial charge is 0.338 e. The molecule has 143 heavy (non-hydrogen) atoms. The maximum atomic E-state index is 14.8. The number of furan rings is 1. The number of aromatic nitrogens is 3. The van der Waals surface area contributed by atoms with Crippen LogP contribution >= 0.6 is 108 Å². The number of carboxylic acid groups (broad SMARTS) is 4. The first kappa shape index (κ1) is 109. The standard InChI is InChI=1S/C26H27ClF2N4O5.C24H26Cl2N4O5S.C23H23BrFN3O6.C22H21Cl3N4O5S/c1-2-38-26(36)22-20(13-33-10-11-37-14-16(33)6-8-21(34)35)31-25(24-19(29)4-3-9-30-24)32-23(22)17-7-5-15(28)12-18(17)27;1-2-34-24(33)21-18(11-30-7-8-35-15(10-30)4-6-20(31)32)28-23(19-12-36-13-27-19)29-22(21)16-5-3-14(25)9-17(16)26;1-2-33-23(31)19-16(11-28-7-9-32-12-17(28)22(29)30)26-21(18-4-3-8-34-18)27-20(19)14-6-5-13(25)10-15(14)24;1-2-34-22(32)16-14(8-29-5-6-33-9-15(29)21(30)31)27-20(18-19(25)35-10-26-18)28-17(16)12-4-3-11(23)7-13(12)24/h3-5,7,9,12,16,23H,2,6,8,10-11,13-14H2,1H3,(H,31,32)(H,34,35);3,5,9,12-13,15,22H,2,4,6-8,10-11H2,1H3,(H,28,29)(H,31,32);3-6,8,10,17,20H,2,7,9,11-12H2,1H3,(H,26,27)(H,29,30);3-4,7,10,15,17H,2,5-6,8-9H2,1H3,(H,27,28)(H,30,31). The van der Waals surface area contributed by atoms with Crippen molar-refractivity contribution in [3.8, 4) is 0 Å². The van der Waals surface area contributed by atoms with Gasteiger partial charge in [-0.05, 0) is 119 Å². The molecule has 0 aliphatic carbocycles. The Bertz CT molecular complexity index is 6260. The normalized spacial score (nSPS) is 20.6. The average molecular weight is 2200 g/mol. The molecular weight excluding hydrogens is 2100 g/mol. The molecule has 36 nitrogen and oxygen atoms in total. The molecule has 12 heterocycles. The van der Waals surface area contributed by atoms with Gasteiger partial charge in [-0.15, -0.1) is 22.7 Å². The van der Waals surface area contributed by atoms with Crippen molar-refractivity contribution in [2.75, 3.05) is 132 Å². The Hall–Kier alpha value is -11.1. The van der Waals surface area contributed by atoms with Crippen LogP contribution in [0.2, 0.25) is 29.4 Å². The summed E-state index contributed by atoms with van der Waals surface area (Å²) in [7, 11) is 0. The van der Waals surface area contributed by atoms with Gasteiger partial charge in [0, 0.05) is 158 Å². The fraction of sp³-hybridized carbons (Fsp3) is 0.379. The Balaban J connectivity index is 0.000000160. The van der Waals surface area contributed by atoms with Crippen LogP contribution in [-0.4, -0.2) is 282 Å². The second-order valence-corrected chi connectivity index (χ2v) is 37.5. The first-order valence-electron chi connectivity index (χ1n) is 44.9. The minimum Gasteiger partial charge on any atom is -0.481 e. The van der Waals surface area contributed by atoms with Gasteiger partial charge >= 0.3 is 47.8 Å². The lowest BCUT2D eigenvalue weighted by atomic mass is 9.94. The highest BCUT2D eigenvalue weighted by atomic mass is 79.9. The fourth-order valence-electron chi connectivity index (χ4n) is 16.4. The predicted octanol–water partition coefficient (Wildman–Crippen LogP) is 14.1. The third-order valence-electron chi connectivity index (χ3n) is 23.1.